The highest BCUT2D eigenvalue weighted by atomic mass is 19.4. The molecule has 2 N–H and O–H groups in total. The highest BCUT2D eigenvalue weighted by Crippen LogP contribution is 2.45. The molecule has 1 aliphatic carbocycles. The van der Waals surface area contributed by atoms with Crippen molar-refractivity contribution in [3.8, 4) is 17.1 Å². The van der Waals surface area contributed by atoms with E-state index in [1.165, 1.54) is 18.7 Å². The summed E-state index contributed by atoms with van der Waals surface area (Å²) in [6, 6.07) is 8.68. The Hall–Kier alpha value is -3.93. The number of nitrogens with zero attached hydrogens (tertiary/aromatic N) is 4. The number of hydrogen-bond acceptors (Lipinski definition) is 6. The number of benzene rings is 2. The molecular weight excluding hydrogens is 501 g/mol. The molecule has 2 aromatic heterocycles. The van der Waals surface area contributed by atoms with Gasteiger partial charge in [0.2, 0.25) is 0 Å². The van der Waals surface area contributed by atoms with Crippen LogP contribution >= 0.6 is 0 Å². The summed E-state index contributed by atoms with van der Waals surface area (Å²) < 4.78 is 50.0. The first kappa shape index (κ1) is 25.7. The van der Waals surface area contributed by atoms with Crippen molar-refractivity contribution in [3.05, 3.63) is 59.0 Å². The summed E-state index contributed by atoms with van der Waals surface area (Å²) in [4.78, 5) is 17.1. The Balaban J connectivity index is 1.46. The van der Waals surface area contributed by atoms with Crippen LogP contribution in [0.2, 0.25) is 0 Å². The van der Waals surface area contributed by atoms with E-state index in [2.05, 4.69) is 21.4 Å². The molecular formula is C26H27F3N6O3. The maximum Gasteiger partial charge on any atom is 0.405 e. The Labute approximate surface area is 216 Å². The van der Waals surface area contributed by atoms with Crippen LogP contribution in [-0.2, 0) is 17.7 Å². The predicted molar refractivity (Wildman–Crippen MR) is 133 cm³/mol. The van der Waals surface area contributed by atoms with Crippen molar-refractivity contribution in [1.82, 2.24) is 30.3 Å². The number of H-pyrrole nitrogens is 1. The summed E-state index contributed by atoms with van der Waals surface area (Å²) in [5.41, 5.74) is 4.01. The normalized spacial score (nSPS) is 13.7. The lowest BCUT2D eigenvalue weighted by Crippen LogP contribution is -2.33. The van der Waals surface area contributed by atoms with Crippen molar-refractivity contribution in [2.75, 3.05) is 27.4 Å². The fraction of sp³-hybridized carbons (Fsp3) is 0.385. The van der Waals surface area contributed by atoms with Gasteiger partial charge in [0.15, 0.2) is 5.82 Å². The zero-order chi connectivity index (χ0) is 26.9. The number of amides is 1. The molecule has 0 radical (unpaired) electrons. The number of ether oxygens (including phenoxy) is 2. The highest BCUT2D eigenvalue weighted by Gasteiger charge is 2.30. The lowest BCUT2D eigenvalue weighted by Gasteiger charge is -2.11. The van der Waals surface area contributed by atoms with E-state index < -0.39 is 18.6 Å². The van der Waals surface area contributed by atoms with E-state index in [4.69, 9.17) is 14.5 Å². The number of alkyl halides is 3. The largest absolute Gasteiger partial charge is 0.496 e. The Morgan fingerprint density at radius 2 is 2.03 bits per heavy atom. The van der Waals surface area contributed by atoms with E-state index in [0.29, 0.717) is 36.9 Å². The number of carbonyl (C=O) groups is 1. The number of methoxy groups -OCH3 is 2. The second-order valence-electron chi connectivity index (χ2n) is 9.20. The van der Waals surface area contributed by atoms with Gasteiger partial charge < -0.3 is 14.8 Å². The van der Waals surface area contributed by atoms with Crippen LogP contribution in [0.15, 0.2) is 36.5 Å². The number of aromatic nitrogens is 5. The maximum atomic E-state index is 12.5. The second kappa shape index (κ2) is 10.4. The Morgan fingerprint density at radius 1 is 1.21 bits per heavy atom. The predicted octanol–water partition coefficient (Wildman–Crippen LogP) is 4.24. The van der Waals surface area contributed by atoms with E-state index in [9.17, 15) is 18.0 Å². The van der Waals surface area contributed by atoms with E-state index >= 15 is 0 Å². The number of aromatic amines is 1. The third-order valence-corrected chi connectivity index (χ3v) is 6.50. The van der Waals surface area contributed by atoms with Gasteiger partial charge in [-0.3, -0.25) is 9.89 Å². The minimum atomic E-state index is -4.51. The second-order valence-corrected chi connectivity index (χ2v) is 9.20. The smallest absolute Gasteiger partial charge is 0.405 e. The number of halogens is 3. The Morgan fingerprint density at radius 3 is 2.74 bits per heavy atom. The molecule has 1 amide bonds. The topological polar surface area (TPSA) is 107 Å². The lowest BCUT2D eigenvalue weighted by molar-refractivity contribution is -0.123. The van der Waals surface area contributed by atoms with Gasteiger partial charge in [-0.05, 0) is 48.1 Å². The molecule has 0 atom stereocenters. The monoisotopic (exact) mass is 528 g/mol. The number of nitrogens with one attached hydrogen (secondary N) is 2. The zero-order valence-corrected chi connectivity index (χ0v) is 20.9. The van der Waals surface area contributed by atoms with Gasteiger partial charge in [-0.15, -0.1) is 0 Å². The zero-order valence-electron chi connectivity index (χ0n) is 20.9. The molecule has 4 aromatic rings. The first-order chi connectivity index (χ1) is 18.3. The van der Waals surface area contributed by atoms with Crippen LogP contribution in [0.5, 0.6) is 5.75 Å². The van der Waals surface area contributed by atoms with Gasteiger partial charge in [-0.1, -0.05) is 12.1 Å². The summed E-state index contributed by atoms with van der Waals surface area (Å²) >= 11 is 0. The van der Waals surface area contributed by atoms with Gasteiger partial charge in [-0.25, -0.2) is 9.67 Å². The minimum absolute atomic E-state index is 0.0120. The van der Waals surface area contributed by atoms with Crippen molar-refractivity contribution in [3.63, 3.8) is 0 Å². The summed E-state index contributed by atoms with van der Waals surface area (Å²) in [6.07, 6.45) is 0.188. The van der Waals surface area contributed by atoms with Gasteiger partial charge in [-0.2, -0.15) is 23.4 Å². The first-order valence-corrected chi connectivity index (χ1v) is 12.2. The van der Waals surface area contributed by atoms with Crippen molar-refractivity contribution in [2.45, 2.75) is 37.9 Å². The van der Waals surface area contributed by atoms with Gasteiger partial charge in [0.05, 0.1) is 37.5 Å². The molecule has 200 valence electrons. The average molecular weight is 529 g/mol. The summed E-state index contributed by atoms with van der Waals surface area (Å²) in [5, 5.41) is 14.9. The van der Waals surface area contributed by atoms with Gasteiger partial charge in [0.1, 0.15) is 18.1 Å². The van der Waals surface area contributed by atoms with Gasteiger partial charge >= 0.3 is 6.18 Å². The van der Waals surface area contributed by atoms with Gasteiger partial charge in [0, 0.05) is 24.5 Å². The summed E-state index contributed by atoms with van der Waals surface area (Å²) in [5.74, 6) is 0.897. The SMILES string of the molecule is COCCn1nc(-c2ccc(C(=O)NCC(F)(F)F)c(OC)c2)nc1Cc1ccc2[nH]ncc2c1C1CC1. The molecule has 0 unspecified atom stereocenters. The fourth-order valence-corrected chi connectivity index (χ4v) is 4.54. The highest BCUT2D eigenvalue weighted by molar-refractivity contribution is 5.97. The lowest BCUT2D eigenvalue weighted by atomic mass is 9.96. The number of hydrogen-bond donors (Lipinski definition) is 2. The molecule has 38 heavy (non-hydrogen) atoms. The van der Waals surface area contributed by atoms with E-state index in [1.807, 2.05) is 17.6 Å². The molecule has 0 spiro atoms. The van der Waals surface area contributed by atoms with E-state index in [0.717, 1.165) is 35.1 Å². The summed E-state index contributed by atoms with van der Waals surface area (Å²) in [6.45, 7) is -0.507. The van der Waals surface area contributed by atoms with Crippen molar-refractivity contribution >= 4 is 16.8 Å². The van der Waals surface area contributed by atoms with E-state index in [-0.39, 0.29) is 11.3 Å². The maximum absolute atomic E-state index is 12.5. The van der Waals surface area contributed by atoms with Crippen LogP contribution in [0.4, 0.5) is 13.2 Å². The number of fused-ring (bicyclic) bond motifs is 1. The third-order valence-electron chi connectivity index (χ3n) is 6.50. The van der Waals surface area contributed by atoms with Crippen molar-refractivity contribution < 1.29 is 27.4 Å². The van der Waals surface area contributed by atoms with Crippen LogP contribution < -0.4 is 10.1 Å². The molecule has 0 aliphatic heterocycles. The number of carbonyl (C=O) groups excluding carboxylic acids is 1. The fourth-order valence-electron chi connectivity index (χ4n) is 4.54. The van der Waals surface area contributed by atoms with Crippen molar-refractivity contribution in [1.29, 1.82) is 0 Å². The molecule has 9 nitrogen and oxygen atoms in total. The van der Waals surface area contributed by atoms with Crippen molar-refractivity contribution in [2.24, 2.45) is 0 Å². The van der Waals surface area contributed by atoms with Crippen LogP contribution in [0, 0.1) is 0 Å². The average Bonchev–Trinajstić information content (AvgIpc) is 3.48. The van der Waals surface area contributed by atoms with Crippen LogP contribution in [0.3, 0.4) is 0 Å². The molecule has 1 aliphatic rings. The van der Waals surface area contributed by atoms with E-state index in [1.54, 1.807) is 23.9 Å². The molecule has 0 saturated heterocycles. The molecule has 1 fully saturated rings. The summed E-state index contributed by atoms with van der Waals surface area (Å²) in [7, 11) is 2.96. The molecule has 2 heterocycles. The van der Waals surface area contributed by atoms with Crippen LogP contribution in [0.1, 0.15) is 46.1 Å². The first-order valence-electron chi connectivity index (χ1n) is 12.2. The standard InChI is InChI=1S/C26H27F3N6O3/c1-37-10-9-35-22(12-16-6-8-20-19(13-31-33-20)23(16)15-3-4-15)32-24(34-35)17-5-7-18(21(11-17)38-2)25(36)30-14-26(27,28)29/h5-8,11,13,15H,3-4,9-10,12,14H2,1-2H3,(H,30,36)(H,31,33). The minimum Gasteiger partial charge on any atom is -0.496 e. The van der Waals surface area contributed by atoms with Gasteiger partial charge in [0.25, 0.3) is 5.91 Å². The molecule has 0 bridgehead atoms. The molecule has 1 saturated carbocycles. The van der Waals surface area contributed by atoms with Crippen LogP contribution in [-0.4, -0.2) is 64.4 Å². The molecule has 12 heteroatoms. The molecule has 5 rings (SSSR count). The third kappa shape index (κ3) is 5.49. The Bertz CT molecular complexity index is 1460. The Kier molecular flexibility index (Phi) is 7.06. The number of rotatable bonds is 10. The molecule has 2 aromatic carbocycles. The quantitative estimate of drug-likeness (QED) is 0.319. The van der Waals surface area contributed by atoms with Crippen LogP contribution in [0.25, 0.3) is 22.3 Å².